The molecule has 0 saturated carbocycles. The van der Waals surface area contributed by atoms with Gasteiger partial charge in [0.05, 0.1) is 6.61 Å². The average molecular weight is 136 g/mol. The van der Waals surface area contributed by atoms with E-state index < -0.39 is 8.03 Å². The highest BCUT2D eigenvalue weighted by Crippen LogP contribution is 2.17. The molecular weight excluding hydrogens is 125 g/mol. The van der Waals surface area contributed by atoms with Crippen LogP contribution in [0.2, 0.25) is 0 Å². The highest BCUT2D eigenvalue weighted by Gasteiger charge is 2.11. The van der Waals surface area contributed by atoms with Gasteiger partial charge in [0.25, 0.3) is 0 Å². The lowest BCUT2D eigenvalue weighted by atomic mass is 10.9. The van der Waals surface area contributed by atoms with E-state index >= 15 is 0 Å². The number of hydrogen-bond donors (Lipinski definition) is 1. The lowest BCUT2D eigenvalue weighted by Gasteiger charge is -1.81. The van der Waals surface area contributed by atoms with Crippen LogP contribution in [0.4, 0.5) is 0 Å². The molecule has 4 heteroatoms. The SMILES string of the molecule is CCO[P+](=O)CNC. The Morgan fingerprint density at radius 2 is 2.38 bits per heavy atom. The maximum absolute atomic E-state index is 10.5. The van der Waals surface area contributed by atoms with Crippen LogP contribution >= 0.6 is 8.03 Å². The van der Waals surface area contributed by atoms with Crippen molar-refractivity contribution in [3.63, 3.8) is 0 Å². The fraction of sp³-hybridized carbons (Fsp3) is 1.00. The predicted octanol–water partition coefficient (Wildman–Crippen LogP) is 0.942. The summed E-state index contributed by atoms with van der Waals surface area (Å²) < 4.78 is 15.2. The van der Waals surface area contributed by atoms with Gasteiger partial charge in [-0.2, -0.15) is 0 Å². The summed E-state index contributed by atoms with van der Waals surface area (Å²) in [4.78, 5) is 0. The second-order valence-corrected chi connectivity index (χ2v) is 2.50. The molecular formula is C4H11NO2P+. The molecule has 3 nitrogen and oxygen atoms in total. The Bertz CT molecular complexity index is 68.4. The van der Waals surface area contributed by atoms with Gasteiger partial charge in [0.1, 0.15) is 0 Å². The standard InChI is InChI=1S/C4H11NO2P/c1-3-7-8(6)4-5-2/h5H,3-4H2,1-2H3/q+1. The van der Waals surface area contributed by atoms with Crippen LogP contribution in [-0.2, 0) is 9.09 Å². The molecule has 48 valence electrons. The zero-order valence-corrected chi connectivity index (χ0v) is 6.07. The van der Waals surface area contributed by atoms with E-state index in [1.54, 1.807) is 7.05 Å². The largest absolute Gasteiger partial charge is 0.523 e. The van der Waals surface area contributed by atoms with Crippen molar-refractivity contribution >= 4 is 8.03 Å². The normalized spacial score (nSPS) is 11.5. The molecule has 0 aliphatic carbocycles. The van der Waals surface area contributed by atoms with Crippen LogP contribution in [0.3, 0.4) is 0 Å². The van der Waals surface area contributed by atoms with E-state index in [1.165, 1.54) is 0 Å². The average Bonchev–Trinajstić information content (AvgIpc) is 1.68. The first-order valence-electron chi connectivity index (χ1n) is 2.53. The van der Waals surface area contributed by atoms with Crippen LogP contribution in [-0.4, -0.2) is 19.9 Å². The van der Waals surface area contributed by atoms with Crippen molar-refractivity contribution in [1.29, 1.82) is 0 Å². The minimum Gasteiger partial charge on any atom is -0.277 e. The zero-order valence-electron chi connectivity index (χ0n) is 5.18. The molecule has 0 bridgehead atoms. The van der Waals surface area contributed by atoms with Crippen molar-refractivity contribution in [3.8, 4) is 0 Å². The van der Waals surface area contributed by atoms with Gasteiger partial charge in [-0.15, -0.1) is 4.52 Å². The second kappa shape index (κ2) is 5.16. The van der Waals surface area contributed by atoms with Crippen molar-refractivity contribution in [1.82, 2.24) is 5.32 Å². The highest BCUT2D eigenvalue weighted by molar-refractivity contribution is 7.39. The van der Waals surface area contributed by atoms with E-state index in [-0.39, 0.29) is 0 Å². The van der Waals surface area contributed by atoms with E-state index in [2.05, 4.69) is 5.32 Å². The Morgan fingerprint density at radius 1 is 1.75 bits per heavy atom. The van der Waals surface area contributed by atoms with Crippen molar-refractivity contribution in [2.24, 2.45) is 0 Å². The summed E-state index contributed by atoms with van der Waals surface area (Å²) in [5.41, 5.74) is 0. The third-order valence-electron chi connectivity index (χ3n) is 0.560. The van der Waals surface area contributed by atoms with Gasteiger partial charge in [0.2, 0.25) is 6.29 Å². The molecule has 1 N–H and O–H groups in total. The van der Waals surface area contributed by atoms with Gasteiger partial charge in [-0.1, -0.05) is 0 Å². The van der Waals surface area contributed by atoms with Crippen LogP contribution in [0.25, 0.3) is 0 Å². The highest BCUT2D eigenvalue weighted by atomic mass is 31.1. The Morgan fingerprint density at radius 3 is 2.75 bits per heavy atom. The first-order valence-corrected chi connectivity index (χ1v) is 3.89. The molecule has 0 aliphatic rings. The van der Waals surface area contributed by atoms with Crippen molar-refractivity contribution < 1.29 is 9.09 Å². The minimum atomic E-state index is -1.44. The van der Waals surface area contributed by atoms with Gasteiger partial charge in [-0.3, -0.25) is 5.32 Å². The summed E-state index contributed by atoms with van der Waals surface area (Å²) >= 11 is 0. The summed E-state index contributed by atoms with van der Waals surface area (Å²) in [7, 11) is 0.300. The maximum atomic E-state index is 10.5. The summed E-state index contributed by atoms with van der Waals surface area (Å²) in [6.07, 6.45) is 0.448. The molecule has 0 fully saturated rings. The van der Waals surface area contributed by atoms with E-state index in [4.69, 9.17) is 4.52 Å². The molecule has 0 aromatic heterocycles. The van der Waals surface area contributed by atoms with Crippen LogP contribution in [0.5, 0.6) is 0 Å². The molecule has 0 heterocycles. The Hall–Kier alpha value is 0.0200. The summed E-state index contributed by atoms with van der Waals surface area (Å²) in [6.45, 7) is 2.35. The molecule has 1 atom stereocenters. The number of nitrogens with one attached hydrogen (secondary N) is 1. The third-order valence-corrected chi connectivity index (χ3v) is 1.68. The smallest absolute Gasteiger partial charge is 0.277 e. The van der Waals surface area contributed by atoms with Gasteiger partial charge >= 0.3 is 8.03 Å². The first-order chi connectivity index (χ1) is 3.81. The molecule has 1 unspecified atom stereocenters. The van der Waals surface area contributed by atoms with Crippen molar-refractivity contribution in [2.45, 2.75) is 6.92 Å². The number of hydrogen-bond acceptors (Lipinski definition) is 3. The molecule has 0 amide bonds. The molecule has 0 aromatic carbocycles. The predicted molar refractivity (Wildman–Crippen MR) is 33.2 cm³/mol. The number of rotatable bonds is 4. The fourth-order valence-corrected chi connectivity index (χ4v) is 0.956. The topological polar surface area (TPSA) is 38.3 Å². The van der Waals surface area contributed by atoms with Crippen LogP contribution in [0, 0.1) is 0 Å². The quantitative estimate of drug-likeness (QED) is 0.584. The van der Waals surface area contributed by atoms with E-state index in [9.17, 15) is 4.57 Å². The minimum absolute atomic E-state index is 0.448. The van der Waals surface area contributed by atoms with E-state index in [0.717, 1.165) is 0 Å². The van der Waals surface area contributed by atoms with Gasteiger partial charge in [0.15, 0.2) is 0 Å². The third kappa shape index (κ3) is 4.19. The molecule has 8 heavy (non-hydrogen) atoms. The summed E-state index contributed by atoms with van der Waals surface area (Å²) in [5, 5.41) is 2.74. The molecule has 0 rings (SSSR count). The Balaban J connectivity index is 3.06. The first kappa shape index (κ1) is 8.02. The van der Waals surface area contributed by atoms with E-state index in [1.807, 2.05) is 6.92 Å². The van der Waals surface area contributed by atoms with Gasteiger partial charge in [0, 0.05) is 0 Å². The molecule has 0 saturated heterocycles. The summed E-state index contributed by atoms with van der Waals surface area (Å²) in [5.74, 6) is 0. The lowest BCUT2D eigenvalue weighted by molar-refractivity contribution is 0.349. The molecule has 0 spiro atoms. The van der Waals surface area contributed by atoms with Gasteiger partial charge < -0.3 is 0 Å². The van der Waals surface area contributed by atoms with Gasteiger partial charge in [-0.05, 0) is 18.5 Å². The van der Waals surface area contributed by atoms with Crippen LogP contribution < -0.4 is 5.32 Å². The summed E-state index contributed by atoms with van der Waals surface area (Å²) in [6, 6.07) is 0. The van der Waals surface area contributed by atoms with Crippen LogP contribution in [0.15, 0.2) is 0 Å². The molecule has 0 radical (unpaired) electrons. The van der Waals surface area contributed by atoms with E-state index in [0.29, 0.717) is 12.9 Å². The fourth-order valence-electron chi connectivity index (χ4n) is 0.319. The van der Waals surface area contributed by atoms with Crippen LogP contribution in [0.1, 0.15) is 6.92 Å². The zero-order chi connectivity index (χ0) is 6.41. The molecule has 0 aliphatic heterocycles. The van der Waals surface area contributed by atoms with Crippen molar-refractivity contribution in [3.05, 3.63) is 0 Å². The van der Waals surface area contributed by atoms with Crippen molar-refractivity contribution in [2.75, 3.05) is 19.9 Å². The monoisotopic (exact) mass is 136 g/mol. The Labute approximate surface area is 50.3 Å². The van der Waals surface area contributed by atoms with Gasteiger partial charge in [-0.25, -0.2) is 0 Å². The second-order valence-electron chi connectivity index (χ2n) is 1.26. The molecule has 0 aromatic rings. The Kier molecular flexibility index (Phi) is 5.18. The maximum Gasteiger partial charge on any atom is 0.523 e. The lowest BCUT2D eigenvalue weighted by Crippen LogP contribution is -2.03.